The molecule has 68 valence electrons. The van der Waals surface area contributed by atoms with Gasteiger partial charge in [-0.05, 0) is 6.07 Å². The largest absolute Gasteiger partial charge is 0.733 e. The molecular formula is C9H9N2O2-. The van der Waals surface area contributed by atoms with Gasteiger partial charge in [-0.25, -0.2) is 0 Å². The molecule has 1 N–H and O–H groups in total. The Morgan fingerprint density at radius 1 is 1.38 bits per heavy atom. The molecule has 0 bridgehead atoms. The first-order chi connectivity index (χ1) is 6.33. The summed E-state index contributed by atoms with van der Waals surface area (Å²) in [7, 11) is 1.34. The minimum absolute atomic E-state index is 0.485. The van der Waals surface area contributed by atoms with Crippen molar-refractivity contribution in [3.63, 3.8) is 0 Å². The van der Waals surface area contributed by atoms with Crippen molar-refractivity contribution in [2.45, 2.75) is 0 Å². The van der Waals surface area contributed by atoms with E-state index in [4.69, 9.17) is 0 Å². The smallest absolute Gasteiger partial charge is 0.0765 e. The van der Waals surface area contributed by atoms with E-state index in [2.05, 4.69) is 9.82 Å². The minimum atomic E-state index is 0.485. The summed E-state index contributed by atoms with van der Waals surface area (Å²) < 4.78 is 0. The standard InChI is InChI=1S/C9H9N2O2/c1-13-11(12)9-6-10-8-5-3-2-4-7(8)9/h2-6,10H,1H3/q-1. The first-order valence-electron chi connectivity index (χ1n) is 3.90. The summed E-state index contributed by atoms with van der Waals surface area (Å²) in [4.78, 5) is 7.54. The van der Waals surface area contributed by atoms with E-state index in [0.717, 1.165) is 10.9 Å². The molecule has 0 unspecified atom stereocenters. The fourth-order valence-corrected chi connectivity index (χ4v) is 1.31. The summed E-state index contributed by atoms with van der Waals surface area (Å²) >= 11 is 0. The average Bonchev–Trinajstić information content (AvgIpc) is 2.60. The monoisotopic (exact) mass is 177 g/mol. The third kappa shape index (κ3) is 1.26. The number of nitrogens with zero attached hydrogens (tertiary/aromatic N) is 1. The maximum atomic E-state index is 11.2. The Bertz CT molecular complexity index is 411. The number of rotatable bonds is 2. The summed E-state index contributed by atoms with van der Waals surface area (Å²) in [6, 6.07) is 7.56. The number of benzene rings is 1. The van der Waals surface area contributed by atoms with Crippen molar-refractivity contribution in [1.82, 2.24) is 4.98 Å². The van der Waals surface area contributed by atoms with Gasteiger partial charge < -0.3 is 15.4 Å². The highest BCUT2D eigenvalue weighted by Gasteiger charge is 2.02. The predicted octanol–water partition coefficient (Wildman–Crippen LogP) is 2.03. The van der Waals surface area contributed by atoms with Crippen LogP contribution in [0.15, 0.2) is 30.5 Å². The molecule has 4 nitrogen and oxygen atoms in total. The topological polar surface area (TPSA) is 51.3 Å². The van der Waals surface area contributed by atoms with E-state index in [1.54, 1.807) is 6.20 Å². The second-order valence-electron chi connectivity index (χ2n) is 2.66. The molecule has 1 heterocycles. The Kier molecular flexibility index (Phi) is 1.92. The van der Waals surface area contributed by atoms with Gasteiger partial charge in [-0.3, -0.25) is 4.84 Å². The van der Waals surface area contributed by atoms with E-state index in [0.29, 0.717) is 10.9 Å². The van der Waals surface area contributed by atoms with E-state index in [1.165, 1.54) is 7.11 Å². The van der Waals surface area contributed by atoms with E-state index in [-0.39, 0.29) is 0 Å². The van der Waals surface area contributed by atoms with Crippen LogP contribution in [0.4, 0.5) is 5.69 Å². The summed E-state index contributed by atoms with van der Waals surface area (Å²) in [5.74, 6) is 0. The number of aromatic nitrogens is 1. The molecule has 1 aromatic heterocycles. The van der Waals surface area contributed by atoms with Gasteiger partial charge in [0.15, 0.2) is 0 Å². The lowest BCUT2D eigenvalue weighted by molar-refractivity contribution is 0.198. The number of H-pyrrole nitrogens is 1. The van der Waals surface area contributed by atoms with Crippen LogP contribution in [-0.4, -0.2) is 12.1 Å². The lowest BCUT2D eigenvalue weighted by Gasteiger charge is -2.25. The third-order valence-corrected chi connectivity index (χ3v) is 1.93. The van der Waals surface area contributed by atoms with Gasteiger partial charge >= 0.3 is 0 Å². The van der Waals surface area contributed by atoms with Crippen molar-refractivity contribution in [2.75, 3.05) is 12.3 Å². The Labute approximate surface area is 75.3 Å². The zero-order valence-electron chi connectivity index (χ0n) is 7.15. The van der Waals surface area contributed by atoms with Gasteiger partial charge in [0, 0.05) is 17.1 Å². The van der Waals surface area contributed by atoms with Crippen LogP contribution in [0.5, 0.6) is 0 Å². The predicted molar refractivity (Wildman–Crippen MR) is 51.2 cm³/mol. The fraction of sp³-hybridized carbons (Fsp3) is 0.111. The molecule has 0 fully saturated rings. The molecule has 0 atom stereocenters. The molecule has 2 rings (SSSR count). The normalized spacial score (nSPS) is 10.6. The Balaban J connectivity index is 2.57. The number of aromatic amines is 1. The lowest BCUT2D eigenvalue weighted by atomic mass is 10.2. The van der Waals surface area contributed by atoms with Crippen LogP contribution in [-0.2, 0) is 4.84 Å². The number of anilines is 1. The molecule has 2 aromatic rings. The second-order valence-corrected chi connectivity index (χ2v) is 2.66. The van der Waals surface area contributed by atoms with Gasteiger partial charge in [0.1, 0.15) is 0 Å². The summed E-state index contributed by atoms with van der Waals surface area (Å²) in [5, 5.41) is 12.5. The van der Waals surface area contributed by atoms with Crippen molar-refractivity contribution < 1.29 is 4.84 Å². The van der Waals surface area contributed by atoms with Gasteiger partial charge in [0.05, 0.1) is 12.8 Å². The molecule has 0 aliphatic carbocycles. The van der Waals surface area contributed by atoms with Crippen molar-refractivity contribution in [1.29, 1.82) is 0 Å². The molecule has 0 saturated carbocycles. The van der Waals surface area contributed by atoms with E-state index >= 15 is 0 Å². The summed E-state index contributed by atoms with van der Waals surface area (Å²) in [6.45, 7) is 0. The molecule has 4 heteroatoms. The molecular weight excluding hydrogens is 168 g/mol. The van der Waals surface area contributed by atoms with Crippen LogP contribution >= 0.6 is 0 Å². The number of hydrogen-bond donors (Lipinski definition) is 1. The Morgan fingerprint density at radius 2 is 2.15 bits per heavy atom. The highest BCUT2D eigenvalue weighted by molar-refractivity contribution is 5.92. The lowest BCUT2D eigenvalue weighted by Crippen LogP contribution is -2.11. The van der Waals surface area contributed by atoms with E-state index in [1.807, 2.05) is 24.3 Å². The maximum absolute atomic E-state index is 11.2. The van der Waals surface area contributed by atoms with Crippen LogP contribution in [0, 0.1) is 5.21 Å². The molecule has 0 spiro atoms. The fourth-order valence-electron chi connectivity index (χ4n) is 1.31. The van der Waals surface area contributed by atoms with Crippen LogP contribution in [0.1, 0.15) is 0 Å². The van der Waals surface area contributed by atoms with Crippen molar-refractivity contribution in [2.24, 2.45) is 0 Å². The van der Waals surface area contributed by atoms with E-state index in [9.17, 15) is 5.21 Å². The van der Waals surface area contributed by atoms with Crippen molar-refractivity contribution in [3.8, 4) is 0 Å². The molecule has 0 radical (unpaired) electrons. The third-order valence-electron chi connectivity index (χ3n) is 1.93. The Hall–Kier alpha value is -1.52. The van der Waals surface area contributed by atoms with Gasteiger partial charge in [0.2, 0.25) is 0 Å². The van der Waals surface area contributed by atoms with Crippen molar-refractivity contribution >= 4 is 16.6 Å². The molecule has 0 amide bonds. The molecule has 0 saturated heterocycles. The molecule has 1 aromatic carbocycles. The highest BCUT2D eigenvalue weighted by atomic mass is 16.9. The zero-order chi connectivity index (χ0) is 9.26. The molecule has 0 aliphatic heterocycles. The Morgan fingerprint density at radius 3 is 2.92 bits per heavy atom. The van der Waals surface area contributed by atoms with Crippen molar-refractivity contribution in [3.05, 3.63) is 35.7 Å². The first kappa shape index (κ1) is 8.10. The van der Waals surface area contributed by atoms with Crippen LogP contribution in [0.2, 0.25) is 0 Å². The van der Waals surface area contributed by atoms with Gasteiger partial charge in [-0.1, -0.05) is 18.2 Å². The van der Waals surface area contributed by atoms with Crippen LogP contribution in [0.25, 0.3) is 10.9 Å². The highest BCUT2D eigenvalue weighted by Crippen LogP contribution is 2.25. The van der Waals surface area contributed by atoms with Gasteiger partial charge in [-0.15, -0.1) is 0 Å². The number of fused-ring (bicyclic) bond motifs is 1. The number of hydrogen-bond acceptors (Lipinski definition) is 3. The molecule has 0 aliphatic rings. The van der Waals surface area contributed by atoms with Crippen LogP contribution in [0.3, 0.4) is 0 Å². The van der Waals surface area contributed by atoms with Gasteiger partial charge in [-0.2, -0.15) is 0 Å². The maximum Gasteiger partial charge on any atom is 0.0765 e. The number of nitrogens with one attached hydrogen (secondary N) is 1. The molecule has 13 heavy (non-hydrogen) atoms. The van der Waals surface area contributed by atoms with E-state index < -0.39 is 0 Å². The van der Waals surface area contributed by atoms with Crippen LogP contribution < -0.4 is 5.23 Å². The summed E-state index contributed by atoms with van der Waals surface area (Å²) in [5.41, 5.74) is 1.42. The zero-order valence-corrected chi connectivity index (χ0v) is 7.15. The van der Waals surface area contributed by atoms with Gasteiger partial charge in [0.25, 0.3) is 0 Å². The average molecular weight is 177 g/mol. The summed E-state index contributed by atoms with van der Waals surface area (Å²) in [6.07, 6.45) is 1.63. The minimum Gasteiger partial charge on any atom is -0.733 e. The SMILES string of the molecule is CON([O-])c1c[nH]c2ccccc12. The first-order valence-corrected chi connectivity index (χ1v) is 3.90. The quantitative estimate of drug-likeness (QED) is 0.714. The second kappa shape index (κ2) is 3.08. The number of para-hydroxylation sites is 1.